The van der Waals surface area contributed by atoms with Gasteiger partial charge in [-0.15, -0.1) is 6.42 Å². The van der Waals surface area contributed by atoms with Crippen LogP contribution < -0.4 is 0 Å². The summed E-state index contributed by atoms with van der Waals surface area (Å²) in [5, 5.41) is 0. The fourth-order valence-electron chi connectivity index (χ4n) is 0.706. The fourth-order valence-corrected chi connectivity index (χ4v) is 0.706. The van der Waals surface area contributed by atoms with Crippen molar-refractivity contribution in [3.05, 3.63) is 0 Å². The Labute approximate surface area is 56.5 Å². The van der Waals surface area contributed by atoms with E-state index in [-0.39, 0.29) is 11.7 Å². The molecule has 0 aromatic rings. The van der Waals surface area contributed by atoms with Gasteiger partial charge in [-0.2, -0.15) is 0 Å². The predicted molar refractivity (Wildman–Crippen MR) is 37.9 cm³/mol. The molecule has 50 valence electrons. The van der Waals surface area contributed by atoms with E-state index in [0.717, 1.165) is 12.8 Å². The largest absolute Gasteiger partial charge is 0.285 e. The lowest BCUT2D eigenvalue weighted by molar-refractivity contribution is -0.117. The third-order valence-corrected chi connectivity index (χ3v) is 1.31. The maximum Gasteiger partial charge on any atom is 0.207 e. The van der Waals surface area contributed by atoms with Crippen LogP contribution in [-0.2, 0) is 4.79 Å². The summed E-state index contributed by atoms with van der Waals surface area (Å²) < 4.78 is 0. The lowest BCUT2D eigenvalue weighted by Crippen LogP contribution is -2.06. The molecular weight excluding hydrogens is 112 g/mol. The second-order valence-corrected chi connectivity index (χ2v) is 2.20. The van der Waals surface area contributed by atoms with Gasteiger partial charge in [0.2, 0.25) is 5.78 Å². The number of Topliss-reactive ketones (excluding diaryl/α,β-unsaturated/α-hetero) is 1. The topological polar surface area (TPSA) is 17.1 Å². The van der Waals surface area contributed by atoms with Gasteiger partial charge in [0.25, 0.3) is 0 Å². The van der Waals surface area contributed by atoms with Crippen molar-refractivity contribution in [2.24, 2.45) is 5.92 Å². The van der Waals surface area contributed by atoms with Crippen LogP contribution in [0.25, 0.3) is 0 Å². The van der Waals surface area contributed by atoms with Crippen LogP contribution in [0.2, 0.25) is 0 Å². The van der Waals surface area contributed by atoms with Crippen molar-refractivity contribution in [3.63, 3.8) is 0 Å². The normalized spacial score (nSPS) is 12.1. The molecule has 0 unspecified atom stereocenters. The molecule has 0 radical (unpaired) electrons. The van der Waals surface area contributed by atoms with E-state index in [4.69, 9.17) is 6.42 Å². The zero-order valence-electron chi connectivity index (χ0n) is 5.98. The van der Waals surface area contributed by atoms with Crippen molar-refractivity contribution in [1.82, 2.24) is 0 Å². The van der Waals surface area contributed by atoms with Crippen LogP contribution in [0.5, 0.6) is 0 Å². The Morgan fingerprint density at radius 3 is 2.67 bits per heavy atom. The third-order valence-electron chi connectivity index (χ3n) is 1.31. The molecule has 0 N–H and O–H groups in total. The molecule has 0 saturated carbocycles. The van der Waals surface area contributed by atoms with Gasteiger partial charge in [-0.25, -0.2) is 0 Å². The lowest BCUT2D eigenvalue weighted by atomic mass is 10.0. The summed E-state index contributed by atoms with van der Waals surface area (Å²) in [7, 11) is 0. The first-order chi connectivity index (χ1) is 4.22. The standard InChI is InChI=1S/C8H12O/c1-4-6-7(3)8(9)5-2/h2,7H,4,6H2,1,3H3/t7-/m1/s1. The Morgan fingerprint density at radius 1 is 1.78 bits per heavy atom. The van der Waals surface area contributed by atoms with Gasteiger partial charge in [-0.05, 0) is 12.3 Å². The van der Waals surface area contributed by atoms with Gasteiger partial charge in [0.15, 0.2) is 0 Å². The summed E-state index contributed by atoms with van der Waals surface area (Å²) in [6, 6.07) is 0. The predicted octanol–water partition coefficient (Wildman–Crippen LogP) is 1.62. The Morgan fingerprint density at radius 2 is 2.33 bits per heavy atom. The lowest BCUT2D eigenvalue weighted by Gasteiger charge is -2.01. The average Bonchev–Trinajstić information content (AvgIpc) is 1.87. The van der Waals surface area contributed by atoms with Gasteiger partial charge in [0, 0.05) is 5.92 Å². The summed E-state index contributed by atoms with van der Waals surface area (Å²) >= 11 is 0. The molecule has 0 fully saturated rings. The van der Waals surface area contributed by atoms with Gasteiger partial charge in [-0.1, -0.05) is 20.3 Å². The van der Waals surface area contributed by atoms with Crippen molar-refractivity contribution in [2.45, 2.75) is 26.7 Å². The summed E-state index contributed by atoms with van der Waals surface area (Å²) in [4.78, 5) is 10.7. The van der Waals surface area contributed by atoms with Gasteiger partial charge < -0.3 is 0 Å². The quantitative estimate of drug-likeness (QED) is 0.413. The Hall–Kier alpha value is -0.770. The summed E-state index contributed by atoms with van der Waals surface area (Å²) in [5.74, 6) is 2.09. The molecule has 1 atom stereocenters. The number of carbonyl (C=O) groups is 1. The molecule has 0 bridgehead atoms. The number of terminal acetylenes is 1. The van der Waals surface area contributed by atoms with Crippen LogP contribution in [0.15, 0.2) is 0 Å². The molecule has 0 aliphatic rings. The Bertz CT molecular complexity index is 130. The molecule has 0 aromatic heterocycles. The minimum Gasteiger partial charge on any atom is -0.285 e. The fraction of sp³-hybridized carbons (Fsp3) is 0.625. The van der Waals surface area contributed by atoms with Crippen LogP contribution in [-0.4, -0.2) is 5.78 Å². The molecule has 0 saturated heterocycles. The van der Waals surface area contributed by atoms with E-state index in [1.165, 1.54) is 0 Å². The van der Waals surface area contributed by atoms with Crippen molar-refractivity contribution < 1.29 is 4.79 Å². The van der Waals surface area contributed by atoms with Crippen molar-refractivity contribution in [1.29, 1.82) is 0 Å². The van der Waals surface area contributed by atoms with E-state index in [1.807, 2.05) is 13.8 Å². The number of hydrogen-bond acceptors (Lipinski definition) is 1. The highest BCUT2D eigenvalue weighted by molar-refractivity contribution is 5.96. The Balaban J connectivity index is 3.62. The zero-order chi connectivity index (χ0) is 7.28. The summed E-state index contributed by atoms with van der Waals surface area (Å²) in [6.45, 7) is 3.91. The van der Waals surface area contributed by atoms with Crippen molar-refractivity contribution >= 4 is 5.78 Å². The Kier molecular flexibility index (Phi) is 3.79. The number of carbonyl (C=O) groups excluding carboxylic acids is 1. The highest BCUT2D eigenvalue weighted by atomic mass is 16.1. The second-order valence-electron chi connectivity index (χ2n) is 2.20. The first-order valence-corrected chi connectivity index (χ1v) is 3.22. The minimum absolute atomic E-state index is 0.0556. The van der Waals surface area contributed by atoms with Crippen LogP contribution in [0.1, 0.15) is 26.7 Å². The molecule has 0 aliphatic heterocycles. The molecule has 0 amide bonds. The molecule has 0 rings (SSSR count). The maximum atomic E-state index is 10.7. The monoisotopic (exact) mass is 124 g/mol. The van der Waals surface area contributed by atoms with E-state index < -0.39 is 0 Å². The molecule has 0 heterocycles. The van der Waals surface area contributed by atoms with Crippen molar-refractivity contribution in [3.8, 4) is 12.3 Å². The highest BCUT2D eigenvalue weighted by Crippen LogP contribution is 2.04. The van der Waals surface area contributed by atoms with Gasteiger partial charge in [0.05, 0.1) is 0 Å². The van der Waals surface area contributed by atoms with Crippen molar-refractivity contribution in [2.75, 3.05) is 0 Å². The van der Waals surface area contributed by atoms with E-state index in [9.17, 15) is 4.79 Å². The smallest absolute Gasteiger partial charge is 0.207 e. The molecule has 9 heavy (non-hydrogen) atoms. The average molecular weight is 124 g/mol. The van der Waals surface area contributed by atoms with Crippen LogP contribution in [0.3, 0.4) is 0 Å². The van der Waals surface area contributed by atoms with E-state index in [1.54, 1.807) is 0 Å². The van der Waals surface area contributed by atoms with E-state index in [0.29, 0.717) is 0 Å². The highest BCUT2D eigenvalue weighted by Gasteiger charge is 2.06. The number of hydrogen-bond donors (Lipinski definition) is 0. The second kappa shape index (κ2) is 4.14. The molecule has 1 heteroatoms. The maximum absolute atomic E-state index is 10.7. The first kappa shape index (κ1) is 8.23. The number of ketones is 1. The molecule has 0 aliphatic carbocycles. The van der Waals surface area contributed by atoms with Gasteiger partial charge in [-0.3, -0.25) is 4.79 Å². The molecule has 0 spiro atoms. The summed E-state index contributed by atoms with van der Waals surface area (Å²) in [5.41, 5.74) is 0. The summed E-state index contributed by atoms with van der Waals surface area (Å²) in [6.07, 6.45) is 6.83. The first-order valence-electron chi connectivity index (χ1n) is 3.22. The molecule has 0 aromatic carbocycles. The minimum atomic E-state index is -0.0724. The van der Waals surface area contributed by atoms with Crippen LogP contribution in [0, 0.1) is 18.3 Å². The van der Waals surface area contributed by atoms with E-state index in [2.05, 4.69) is 5.92 Å². The van der Waals surface area contributed by atoms with Gasteiger partial charge >= 0.3 is 0 Å². The van der Waals surface area contributed by atoms with Gasteiger partial charge in [0.1, 0.15) is 0 Å². The zero-order valence-corrected chi connectivity index (χ0v) is 5.98. The van der Waals surface area contributed by atoms with E-state index >= 15 is 0 Å². The third kappa shape index (κ3) is 2.92. The number of rotatable bonds is 3. The van der Waals surface area contributed by atoms with Crippen LogP contribution in [0.4, 0.5) is 0 Å². The van der Waals surface area contributed by atoms with Crippen LogP contribution >= 0.6 is 0 Å². The molecule has 1 nitrogen and oxygen atoms in total. The SMILES string of the molecule is C#CC(=O)[C@H](C)CCC. The molecular formula is C8H12O.